The van der Waals surface area contributed by atoms with Crippen molar-refractivity contribution in [3.8, 4) is 0 Å². The lowest BCUT2D eigenvalue weighted by atomic mass is 10.0. The first-order valence-corrected chi connectivity index (χ1v) is 8.66. The van der Waals surface area contributed by atoms with Crippen molar-refractivity contribution in [1.82, 2.24) is 4.90 Å². The smallest absolute Gasteiger partial charge is 0.278 e. The van der Waals surface area contributed by atoms with Gasteiger partial charge in [0.05, 0.1) is 5.57 Å². The van der Waals surface area contributed by atoms with Gasteiger partial charge in [0.2, 0.25) is 0 Å². The number of para-hydroxylation sites is 1. The number of nitrogens with zero attached hydrogens (tertiary/aromatic N) is 2. The predicted molar refractivity (Wildman–Crippen MR) is 99.8 cm³/mol. The first-order valence-electron chi connectivity index (χ1n) is 8.66. The Morgan fingerprint density at radius 2 is 1.58 bits per heavy atom. The van der Waals surface area contributed by atoms with Crippen molar-refractivity contribution in [2.24, 2.45) is 0 Å². The highest BCUT2D eigenvalue weighted by Crippen LogP contribution is 2.35. The lowest BCUT2D eigenvalue weighted by Gasteiger charge is -2.25. The number of anilines is 1. The number of hydrogen-bond donors (Lipinski definition) is 0. The molecule has 1 heterocycles. The third-order valence-electron chi connectivity index (χ3n) is 4.39. The van der Waals surface area contributed by atoms with E-state index in [2.05, 4.69) is 0 Å². The van der Waals surface area contributed by atoms with Gasteiger partial charge in [0.1, 0.15) is 11.5 Å². The summed E-state index contributed by atoms with van der Waals surface area (Å²) in [6.07, 6.45) is 0. The molecule has 0 N–H and O–H groups in total. The summed E-state index contributed by atoms with van der Waals surface area (Å²) in [6, 6.07) is 14.9. The SMILES string of the molecule is CCN(C1=C(c2ccc(F)cc2)C(=O)N(C(C)C)C1=O)c1ccccc1. The summed E-state index contributed by atoms with van der Waals surface area (Å²) in [5, 5.41) is 0. The number of rotatable bonds is 5. The molecule has 2 aromatic carbocycles. The molecule has 1 aliphatic heterocycles. The number of amides is 2. The van der Waals surface area contributed by atoms with Gasteiger partial charge in [-0.1, -0.05) is 30.3 Å². The van der Waals surface area contributed by atoms with Gasteiger partial charge in [-0.2, -0.15) is 0 Å². The van der Waals surface area contributed by atoms with Crippen molar-refractivity contribution in [3.63, 3.8) is 0 Å². The van der Waals surface area contributed by atoms with Crippen molar-refractivity contribution in [2.45, 2.75) is 26.8 Å². The molecule has 1 aliphatic rings. The van der Waals surface area contributed by atoms with Gasteiger partial charge in [0.25, 0.3) is 11.8 Å². The number of carbonyl (C=O) groups is 2. The van der Waals surface area contributed by atoms with Crippen molar-refractivity contribution >= 4 is 23.1 Å². The number of imide groups is 1. The maximum Gasteiger partial charge on any atom is 0.278 e. The van der Waals surface area contributed by atoms with Gasteiger partial charge in [-0.15, -0.1) is 0 Å². The average molecular weight is 352 g/mol. The maximum absolute atomic E-state index is 13.4. The molecule has 0 aromatic heterocycles. The van der Waals surface area contributed by atoms with Crippen LogP contribution in [0.4, 0.5) is 10.1 Å². The average Bonchev–Trinajstić information content (AvgIpc) is 2.88. The predicted octanol–water partition coefficient (Wildman–Crippen LogP) is 3.84. The highest BCUT2D eigenvalue weighted by Gasteiger charge is 2.42. The summed E-state index contributed by atoms with van der Waals surface area (Å²) in [5.41, 5.74) is 2.02. The number of benzene rings is 2. The van der Waals surface area contributed by atoms with E-state index in [0.29, 0.717) is 23.4 Å². The molecule has 0 fully saturated rings. The van der Waals surface area contributed by atoms with E-state index in [-0.39, 0.29) is 23.7 Å². The summed E-state index contributed by atoms with van der Waals surface area (Å²) in [5.74, 6) is -1.06. The Balaban J connectivity index is 2.21. The lowest BCUT2D eigenvalue weighted by molar-refractivity contribution is -0.138. The Labute approximate surface area is 152 Å². The largest absolute Gasteiger partial charge is 0.337 e. The highest BCUT2D eigenvalue weighted by molar-refractivity contribution is 6.36. The number of hydrogen-bond acceptors (Lipinski definition) is 3. The third-order valence-corrected chi connectivity index (χ3v) is 4.39. The molecule has 26 heavy (non-hydrogen) atoms. The molecule has 0 atom stereocenters. The minimum absolute atomic E-state index is 0.266. The molecule has 0 radical (unpaired) electrons. The van der Waals surface area contributed by atoms with Crippen molar-refractivity contribution < 1.29 is 14.0 Å². The Hall–Kier alpha value is -2.95. The molecule has 0 bridgehead atoms. The molecule has 134 valence electrons. The van der Waals surface area contributed by atoms with Gasteiger partial charge >= 0.3 is 0 Å². The molecule has 0 spiro atoms. The van der Waals surface area contributed by atoms with Crippen LogP contribution in [-0.2, 0) is 9.59 Å². The molecule has 0 saturated carbocycles. The molecule has 0 aliphatic carbocycles. The second kappa shape index (κ2) is 7.12. The molecular formula is C21H21FN2O2. The quantitative estimate of drug-likeness (QED) is 0.768. The van der Waals surface area contributed by atoms with E-state index in [1.54, 1.807) is 26.0 Å². The van der Waals surface area contributed by atoms with E-state index >= 15 is 0 Å². The Morgan fingerprint density at radius 3 is 2.12 bits per heavy atom. The topological polar surface area (TPSA) is 40.6 Å². The zero-order chi connectivity index (χ0) is 18.8. The van der Waals surface area contributed by atoms with Gasteiger partial charge in [0.15, 0.2) is 0 Å². The molecule has 3 rings (SSSR count). The summed E-state index contributed by atoms with van der Waals surface area (Å²) < 4.78 is 13.4. The zero-order valence-corrected chi connectivity index (χ0v) is 15.1. The Kier molecular flexibility index (Phi) is 4.89. The van der Waals surface area contributed by atoms with Crippen LogP contribution in [0, 0.1) is 5.82 Å². The summed E-state index contributed by atoms with van der Waals surface area (Å²) >= 11 is 0. The van der Waals surface area contributed by atoms with Gasteiger partial charge < -0.3 is 4.90 Å². The fourth-order valence-electron chi connectivity index (χ4n) is 3.21. The van der Waals surface area contributed by atoms with Crippen LogP contribution < -0.4 is 4.90 Å². The molecule has 4 nitrogen and oxygen atoms in total. The van der Waals surface area contributed by atoms with Gasteiger partial charge in [-0.05, 0) is 50.6 Å². The standard InChI is InChI=1S/C21H21FN2O2/c1-4-23(17-8-6-5-7-9-17)19-18(15-10-12-16(22)13-11-15)20(25)24(14(2)3)21(19)26/h5-14H,4H2,1-3H3. The minimum atomic E-state index is -0.385. The Bertz CT molecular complexity index is 857. The van der Waals surface area contributed by atoms with Gasteiger partial charge in [-0.25, -0.2) is 4.39 Å². The van der Waals surface area contributed by atoms with Crippen LogP contribution >= 0.6 is 0 Å². The second-order valence-corrected chi connectivity index (χ2v) is 6.38. The fraction of sp³-hybridized carbons (Fsp3) is 0.238. The normalized spacial score (nSPS) is 14.6. The van der Waals surface area contributed by atoms with Crippen molar-refractivity contribution in [2.75, 3.05) is 11.4 Å². The van der Waals surface area contributed by atoms with Crippen LogP contribution in [0.25, 0.3) is 5.57 Å². The van der Waals surface area contributed by atoms with Crippen molar-refractivity contribution in [1.29, 1.82) is 0 Å². The van der Waals surface area contributed by atoms with Crippen LogP contribution in [0.3, 0.4) is 0 Å². The molecule has 2 aromatic rings. The monoisotopic (exact) mass is 352 g/mol. The van der Waals surface area contributed by atoms with Crippen LogP contribution in [0.15, 0.2) is 60.3 Å². The van der Waals surface area contributed by atoms with Crippen LogP contribution in [0.1, 0.15) is 26.3 Å². The molecular weight excluding hydrogens is 331 g/mol. The number of likely N-dealkylation sites (N-methyl/N-ethyl adjacent to an activating group) is 1. The zero-order valence-electron chi connectivity index (χ0n) is 15.1. The highest BCUT2D eigenvalue weighted by atomic mass is 19.1. The Morgan fingerprint density at radius 1 is 0.962 bits per heavy atom. The second-order valence-electron chi connectivity index (χ2n) is 6.38. The third kappa shape index (κ3) is 3.01. The van der Waals surface area contributed by atoms with Crippen LogP contribution in [-0.4, -0.2) is 29.3 Å². The van der Waals surface area contributed by atoms with Gasteiger partial charge in [-0.3, -0.25) is 14.5 Å². The minimum Gasteiger partial charge on any atom is -0.337 e. The van der Waals surface area contributed by atoms with E-state index in [4.69, 9.17) is 0 Å². The summed E-state index contributed by atoms with van der Waals surface area (Å²) in [4.78, 5) is 29.2. The van der Waals surface area contributed by atoms with E-state index in [1.165, 1.54) is 17.0 Å². The van der Waals surface area contributed by atoms with E-state index < -0.39 is 0 Å². The molecule has 0 unspecified atom stereocenters. The van der Waals surface area contributed by atoms with Crippen LogP contribution in [0.5, 0.6) is 0 Å². The van der Waals surface area contributed by atoms with Crippen LogP contribution in [0.2, 0.25) is 0 Å². The molecule has 5 heteroatoms. The summed E-state index contributed by atoms with van der Waals surface area (Å²) in [6.45, 7) is 6.06. The summed E-state index contributed by atoms with van der Waals surface area (Å²) in [7, 11) is 0. The fourth-order valence-corrected chi connectivity index (χ4v) is 3.21. The van der Waals surface area contributed by atoms with E-state index in [1.807, 2.05) is 42.2 Å². The molecule has 0 saturated heterocycles. The van der Waals surface area contributed by atoms with Crippen molar-refractivity contribution in [3.05, 3.63) is 71.7 Å². The first-order chi connectivity index (χ1) is 12.5. The number of carbonyl (C=O) groups excluding carboxylic acids is 2. The van der Waals surface area contributed by atoms with E-state index in [0.717, 1.165) is 5.69 Å². The molecule has 2 amide bonds. The first kappa shape index (κ1) is 17.9. The van der Waals surface area contributed by atoms with Gasteiger partial charge in [0, 0.05) is 18.3 Å². The lowest BCUT2D eigenvalue weighted by Crippen LogP contribution is -2.39. The number of halogens is 1. The van der Waals surface area contributed by atoms with E-state index in [9.17, 15) is 14.0 Å². The maximum atomic E-state index is 13.4.